The number of aryl methyl sites for hydroxylation is 1. The van der Waals surface area contributed by atoms with Gasteiger partial charge in [-0.2, -0.15) is 5.10 Å². The Balaban J connectivity index is 2.16. The van der Waals surface area contributed by atoms with E-state index < -0.39 is 0 Å². The molecule has 3 atom stereocenters. The summed E-state index contributed by atoms with van der Waals surface area (Å²) in [5.74, 6) is 2.24. The molecule has 3 nitrogen and oxygen atoms in total. The lowest BCUT2D eigenvalue weighted by Gasteiger charge is -2.37. The summed E-state index contributed by atoms with van der Waals surface area (Å²) in [6.07, 6.45) is 8.67. The first-order valence-electron chi connectivity index (χ1n) is 8.43. The summed E-state index contributed by atoms with van der Waals surface area (Å²) in [5, 5.41) is 8.09. The Morgan fingerprint density at radius 1 is 1.43 bits per heavy atom. The zero-order valence-electron chi connectivity index (χ0n) is 13.9. The fraction of sp³-hybridized carbons (Fsp3) is 0.824. The predicted octanol–water partition coefficient (Wildman–Crippen LogP) is 4.48. The second-order valence-corrected chi connectivity index (χ2v) is 7.75. The van der Waals surface area contributed by atoms with Gasteiger partial charge in [0.25, 0.3) is 0 Å². The van der Waals surface area contributed by atoms with Crippen molar-refractivity contribution in [2.75, 3.05) is 6.54 Å². The van der Waals surface area contributed by atoms with Crippen molar-refractivity contribution in [2.24, 2.45) is 18.9 Å². The van der Waals surface area contributed by atoms with Crippen molar-refractivity contribution in [1.29, 1.82) is 0 Å². The molecule has 0 bridgehead atoms. The van der Waals surface area contributed by atoms with Gasteiger partial charge in [-0.3, -0.25) is 4.68 Å². The van der Waals surface area contributed by atoms with Crippen molar-refractivity contribution < 1.29 is 0 Å². The van der Waals surface area contributed by atoms with E-state index in [1.807, 2.05) is 6.20 Å². The molecule has 4 heteroatoms. The van der Waals surface area contributed by atoms with E-state index in [0.29, 0.717) is 12.0 Å². The van der Waals surface area contributed by atoms with E-state index in [1.54, 1.807) is 0 Å². The minimum Gasteiger partial charge on any atom is -0.314 e. The lowest BCUT2D eigenvalue weighted by atomic mass is 9.71. The Hall–Kier alpha value is -0.350. The van der Waals surface area contributed by atoms with Crippen LogP contribution in [0.1, 0.15) is 64.5 Å². The molecule has 1 aromatic heterocycles. The summed E-state index contributed by atoms with van der Waals surface area (Å²) in [5.41, 5.74) is 1.39. The van der Waals surface area contributed by atoms with E-state index in [4.69, 9.17) is 0 Å². The van der Waals surface area contributed by atoms with Gasteiger partial charge in [-0.15, -0.1) is 0 Å². The van der Waals surface area contributed by atoms with Crippen LogP contribution in [0.15, 0.2) is 10.7 Å². The van der Waals surface area contributed by atoms with Crippen molar-refractivity contribution in [3.8, 4) is 0 Å². The van der Waals surface area contributed by atoms with Gasteiger partial charge >= 0.3 is 0 Å². The molecule has 1 aromatic rings. The van der Waals surface area contributed by atoms with Crippen molar-refractivity contribution in [3.05, 3.63) is 16.4 Å². The molecule has 1 aliphatic rings. The Morgan fingerprint density at radius 3 is 2.76 bits per heavy atom. The number of nitrogens with one attached hydrogen (secondary N) is 1. The lowest BCUT2D eigenvalue weighted by Crippen LogP contribution is -2.35. The monoisotopic (exact) mass is 355 g/mol. The molecule has 120 valence electrons. The van der Waals surface area contributed by atoms with Gasteiger partial charge in [-0.05, 0) is 47.2 Å². The summed E-state index contributed by atoms with van der Waals surface area (Å²) < 4.78 is 3.26. The summed E-state index contributed by atoms with van der Waals surface area (Å²) in [6, 6.07) is 0.564. The minimum atomic E-state index is 0.564. The Kier molecular flexibility index (Phi) is 6.30. The zero-order chi connectivity index (χ0) is 15.4. The van der Waals surface area contributed by atoms with Crippen molar-refractivity contribution in [3.63, 3.8) is 0 Å². The third-order valence-electron chi connectivity index (χ3n) is 4.88. The van der Waals surface area contributed by atoms with Gasteiger partial charge in [-0.1, -0.05) is 40.0 Å². The molecule has 0 saturated heterocycles. The third-order valence-corrected chi connectivity index (χ3v) is 5.49. The predicted molar refractivity (Wildman–Crippen MR) is 92.5 cm³/mol. The molecule has 2 rings (SSSR count). The molecular formula is C17H30BrN3. The molecular weight excluding hydrogens is 326 g/mol. The van der Waals surface area contributed by atoms with E-state index in [-0.39, 0.29) is 0 Å². The highest BCUT2D eigenvalue weighted by Gasteiger charge is 2.34. The van der Waals surface area contributed by atoms with E-state index in [1.165, 1.54) is 42.3 Å². The van der Waals surface area contributed by atoms with Crippen molar-refractivity contribution >= 4 is 15.9 Å². The number of aromatic nitrogens is 2. The third kappa shape index (κ3) is 4.32. The Morgan fingerprint density at radius 2 is 2.19 bits per heavy atom. The van der Waals surface area contributed by atoms with E-state index in [0.717, 1.165) is 18.4 Å². The molecule has 1 aliphatic carbocycles. The molecule has 21 heavy (non-hydrogen) atoms. The number of halogens is 1. The number of hydrogen-bond acceptors (Lipinski definition) is 2. The summed E-state index contributed by atoms with van der Waals surface area (Å²) in [6.45, 7) is 7.90. The van der Waals surface area contributed by atoms with Gasteiger partial charge in [0.15, 0.2) is 0 Å². The number of hydrogen-bond donors (Lipinski definition) is 1. The van der Waals surface area contributed by atoms with Gasteiger partial charge < -0.3 is 5.32 Å². The fourth-order valence-electron chi connectivity index (χ4n) is 3.79. The summed E-state index contributed by atoms with van der Waals surface area (Å²) in [7, 11) is 2.08. The molecule has 0 aromatic carbocycles. The molecule has 1 saturated carbocycles. The van der Waals surface area contributed by atoms with E-state index >= 15 is 0 Å². The van der Waals surface area contributed by atoms with E-state index in [2.05, 4.69) is 58.8 Å². The highest BCUT2D eigenvalue weighted by molar-refractivity contribution is 9.10. The van der Waals surface area contributed by atoms with Gasteiger partial charge in [-0.25, -0.2) is 0 Å². The van der Waals surface area contributed by atoms with Gasteiger partial charge in [0.2, 0.25) is 0 Å². The highest BCUT2D eigenvalue weighted by Crippen LogP contribution is 2.43. The number of nitrogens with zero attached hydrogens (tertiary/aromatic N) is 2. The Bertz CT molecular complexity index is 422. The quantitative estimate of drug-likeness (QED) is 0.814. The van der Waals surface area contributed by atoms with Gasteiger partial charge in [0, 0.05) is 19.0 Å². The van der Waals surface area contributed by atoms with E-state index in [9.17, 15) is 0 Å². The molecule has 3 unspecified atom stereocenters. The molecule has 0 aliphatic heterocycles. The van der Waals surface area contributed by atoms with Crippen LogP contribution >= 0.6 is 15.9 Å². The molecule has 0 radical (unpaired) electrons. The van der Waals surface area contributed by atoms with Crippen LogP contribution in [0.4, 0.5) is 0 Å². The lowest BCUT2D eigenvalue weighted by molar-refractivity contribution is 0.211. The molecule has 0 amide bonds. The maximum atomic E-state index is 4.44. The molecule has 1 fully saturated rings. The van der Waals surface area contributed by atoms with Crippen molar-refractivity contribution in [2.45, 2.75) is 64.8 Å². The summed E-state index contributed by atoms with van der Waals surface area (Å²) in [4.78, 5) is 0. The van der Waals surface area contributed by atoms with Crippen LogP contribution in [-0.4, -0.2) is 22.4 Å². The largest absolute Gasteiger partial charge is 0.314 e. The summed E-state index contributed by atoms with van der Waals surface area (Å²) >= 11 is 3.72. The molecule has 1 heterocycles. The first kappa shape index (κ1) is 17.0. The van der Waals surface area contributed by atoms with Crippen molar-refractivity contribution in [1.82, 2.24) is 15.1 Å². The number of rotatable bonds is 6. The van der Waals surface area contributed by atoms with Gasteiger partial charge in [0.05, 0.1) is 16.4 Å². The van der Waals surface area contributed by atoms with Crippen LogP contribution in [-0.2, 0) is 7.05 Å². The average Bonchev–Trinajstić information content (AvgIpc) is 2.77. The maximum absolute atomic E-state index is 4.44. The van der Waals surface area contributed by atoms with Crippen LogP contribution in [0.2, 0.25) is 0 Å². The minimum absolute atomic E-state index is 0.564. The molecule has 1 N–H and O–H groups in total. The first-order chi connectivity index (χ1) is 10.0. The topological polar surface area (TPSA) is 29.9 Å². The van der Waals surface area contributed by atoms with Crippen LogP contribution < -0.4 is 5.32 Å². The standard InChI is InChI=1S/C17H30BrN3/c1-5-6-13-7-8-14(10-19-12(2)3)15(9-13)17-16(18)11-20-21(17)4/h11-15,19H,5-10H2,1-4H3. The van der Waals surface area contributed by atoms with Crippen LogP contribution in [0.25, 0.3) is 0 Å². The smallest absolute Gasteiger partial charge is 0.0635 e. The zero-order valence-corrected chi connectivity index (χ0v) is 15.5. The fourth-order valence-corrected chi connectivity index (χ4v) is 4.44. The van der Waals surface area contributed by atoms with Crippen LogP contribution in [0.3, 0.4) is 0 Å². The highest BCUT2D eigenvalue weighted by atomic mass is 79.9. The van der Waals surface area contributed by atoms with Crippen LogP contribution in [0.5, 0.6) is 0 Å². The molecule has 0 spiro atoms. The first-order valence-corrected chi connectivity index (χ1v) is 9.23. The Labute approximate surface area is 138 Å². The SMILES string of the molecule is CCCC1CCC(CNC(C)C)C(c2c(Br)cnn2C)C1. The normalized spacial score (nSPS) is 26.5. The second kappa shape index (κ2) is 7.77. The maximum Gasteiger partial charge on any atom is 0.0635 e. The second-order valence-electron chi connectivity index (χ2n) is 6.90. The van der Waals surface area contributed by atoms with Gasteiger partial charge in [0.1, 0.15) is 0 Å². The average molecular weight is 356 g/mol. The van der Waals surface area contributed by atoms with Crippen LogP contribution in [0, 0.1) is 11.8 Å².